The smallest absolute Gasteiger partial charge is 0.328 e. The molecule has 0 aliphatic rings. The van der Waals surface area contributed by atoms with Gasteiger partial charge in [0.05, 0.1) is 0 Å². The van der Waals surface area contributed by atoms with Gasteiger partial charge in [0.15, 0.2) is 0 Å². The number of fused-ring (bicyclic) bond motifs is 1. The Hall–Kier alpha value is -2.23. The number of carboxylic acids is 1. The van der Waals surface area contributed by atoms with Crippen LogP contribution < -0.4 is 5.73 Å². The first-order valence-electron chi connectivity index (χ1n) is 5.35. The number of nitrogen functional groups attached to an aromatic ring is 1. The van der Waals surface area contributed by atoms with E-state index in [4.69, 9.17) is 10.8 Å². The molecule has 0 radical (unpaired) electrons. The van der Waals surface area contributed by atoms with Crippen LogP contribution in [-0.4, -0.2) is 15.6 Å². The van der Waals surface area contributed by atoms with Crippen LogP contribution in [0.25, 0.3) is 10.9 Å². The largest absolute Gasteiger partial charge is 0.478 e. The standard InChI is InChI=1S/C13H14N2O2/c1-9(2-5-13(16)17)15-7-6-10-8-11(14)3-4-12(10)15/h2-9H,14H2,1H3,(H,16,17)/b5-2+. The Balaban J connectivity index is 2.39. The first-order chi connectivity index (χ1) is 8.08. The number of aromatic nitrogens is 1. The highest BCUT2D eigenvalue weighted by molar-refractivity contribution is 5.83. The third-order valence-corrected chi connectivity index (χ3v) is 2.70. The highest BCUT2D eigenvalue weighted by Gasteiger charge is 2.05. The fourth-order valence-electron chi connectivity index (χ4n) is 1.85. The molecular weight excluding hydrogens is 216 g/mol. The predicted octanol–water partition coefficient (Wildman–Crippen LogP) is 2.43. The number of allylic oxidation sites excluding steroid dienone is 1. The van der Waals surface area contributed by atoms with Crippen molar-refractivity contribution >= 4 is 22.6 Å². The Morgan fingerprint density at radius 1 is 1.47 bits per heavy atom. The third-order valence-electron chi connectivity index (χ3n) is 2.70. The lowest BCUT2D eigenvalue weighted by atomic mass is 10.2. The fourth-order valence-corrected chi connectivity index (χ4v) is 1.85. The van der Waals surface area contributed by atoms with E-state index < -0.39 is 5.97 Å². The van der Waals surface area contributed by atoms with Gasteiger partial charge in [-0.1, -0.05) is 6.08 Å². The van der Waals surface area contributed by atoms with Gasteiger partial charge in [0.25, 0.3) is 0 Å². The zero-order chi connectivity index (χ0) is 12.4. The molecule has 0 aliphatic carbocycles. The van der Waals surface area contributed by atoms with Gasteiger partial charge >= 0.3 is 5.97 Å². The first-order valence-corrected chi connectivity index (χ1v) is 5.35. The molecule has 1 unspecified atom stereocenters. The van der Waals surface area contributed by atoms with Crippen molar-refractivity contribution in [2.45, 2.75) is 13.0 Å². The summed E-state index contributed by atoms with van der Waals surface area (Å²) >= 11 is 0. The number of anilines is 1. The minimum atomic E-state index is -0.933. The molecule has 0 bridgehead atoms. The zero-order valence-corrected chi connectivity index (χ0v) is 9.50. The molecule has 2 rings (SSSR count). The predicted molar refractivity (Wildman–Crippen MR) is 67.8 cm³/mol. The summed E-state index contributed by atoms with van der Waals surface area (Å²) in [7, 11) is 0. The molecule has 4 heteroatoms. The molecule has 3 N–H and O–H groups in total. The van der Waals surface area contributed by atoms with Gasteiger partial charge in [-0.05, 0) is 31.2 Å². The number of rotatable bonds is 3. The summed E-state index contributed by atoms with van der Waals surface area (Å²) in [6.45, 7) is 1.94. The lowest BCUT2D eigenvalue weighted by Crippen LogP contribution is -2.01. The molecule has 17 heavy (non-hydrogen) atoms. The molecule has 0 spiro atoms. The van der Waals surface area contributed by atoms with E-state index in [0.29, 0.717) is 0 Å². The van der Waals surface area contributed by atoms with E-state index in [-0.39, 0.29) is 6.04 Å². The van der Waals surface area contributed by atoms with Gasteiger partial charge in [-0.2, -0.15) is 0 Å². The maximum atomic E-state index is 10.5. The molecule has 2 aromatic rings. The summed E-state index contributed by atoms with van der Waals surface area (Å²) in [6.07, 6.45) is 4.74. The molecular formula is C13H14N2O2. The molecule has 1 aromatic heterocycles. The number of aliphatic carboxylic acids is 1. The van der Waals surface area contributed by atoms with Crippen molar-refractivity contribution < 1.29 is 9.90 Å². The quantitative estimate of drug-likeness (QED) is 0.628. The number of benzene rings is 1. The average molecular weight is 230 g/mol. The lowest BCUT2D eigenvalue weighted by Gasteiger charge is -2.10. The molecule has 88 valence electrons. The van der Waals surface area contributed by atoms with Crippen LogP contribution in [0.5, 0.6) is 0 Å². The molecule has 0 saturated heterocycles. The van der Waals surface area contributed by atoms with Crippen LogP contribution in [0.2, 0.25) is 0 Å². The Morgan fingerprint density at radius 2 is 2.24 bits per heavy atom. The zero-order valence-electron chi connectivity index (χ0n) is 9.50. The summed E-state index contributed by atoms with van der Waals surface area (Å²) in [5, 5.41) is 9.65. The van der Waals surface area contributed by atoms with E-state index in [1.165, 1.54) is 0 Å². The van der Waals surface area contributed by atoms with Crippen LogP contribution in [0.15, 0.2) is 42.6 Å². The Bertz CT molecular complexity index is 584. The second-order valence-electron chi connectivity index (χ2n) is 3.98. The number of carbonyl (C=O) groups is 1. The van der Waals surface area contributed by atoms with Gasteiger partial charge in [-0.3, -0.25) is 0 Å². The molecule has 0 fully saturated rings. The number of carboxylic acid groups (broad SMARTS) is 1. The molecule has 0 amide bonds. The van der Waals surface area contributed by atoms with Gasteiger partial charge in [0.1, 0.15) is 0 Å². The monoisotopic (exact) mass is 230 g/mol. The lowest BCUT2D eigenvalue weighted by molar-refractivity contribution is -0.131. The third kappa shape index (κ3) is 2.30. The first kappa shape index (κ1) is 11.3. The van der Waals surface area contributed by atoms with Crippen molar-refractivity contribution in [3.63, 3.8) is 0 Å². The average Bonchev–Trinajstić information content (AvgIpc) is 2.68. The minimum Gasteiger partial charge on any atom is -0.478 e. The van der Waals surface area contributed by atoms with Crippen LogP contribution in [0, 0.1) is 0 Å². The van der Waals surface area contributed by atoms with Gasteiger partial charge in [0.2, 0.25) is 0 Å². The van der Waals surface area contributed by atoms with Gasteiger partial charge < -0.3 is 15.4 Å². The minimum absolute atomic E-state index is 0.00720. The number of nitrogens with two attached hydrogens (primary N) is 1. The maximum Gasteiger partial charge on any atom is 0.328 e. The Kier molecular flexibility index (Phi) is 2.87. The topological polar surface area (TPSA) is 68.2 Å². The second-order valence-corrected chi connectivity index (χ2v) is 3.98. The Labute approximate surface area is 99.0 Å². The van der Waals surface area contributed by atoms with E-state index in [1.54, 1.807) is 6.08 Å². The highest BCUT2D eigenvalue weighted by atomic mass is 16.4. The van der Waals surface area contributed by atoms with Crippen molar-refractivity contribution in [3.05, 3.63) is 42.6 Å². The van der Waals surface area contributed by atoms with Crippen LogP contribution in [-0.2, 0) is 4.79 Å². The number of nitrogens with zero attached hydrogens (tertiary/aromatic N) is 1. The van der Waals surface area contributed by atoms with Crippen LogP contribution in [0.3, 0.4) is 0 Å². The van der Waals surface area contributed by atoms with Crippen molar-refractivity contribution in [2.24, 2.45) is 0 Å². The molecule has 1 heterocycles. The van der Waals surface area contributed by atoms with Crippen LogP contribution in [0.4, 0.5) is 5.69 Å². The summed E-state index contributed by atoms with van der Waals surface area (Å²) in [5.74, 6) is -0.933. The fraction of sp³-hybridized carbons (Fsp3) is 0.154. The normalized spacial score (nSPS) is 13.2. The molecule has 0 saturated carbocycles. The van der Waals surface area contributed by atoms with E-state index in [1.807, 2.05) is 42.0 Å². The van der Waals surface area contributed by atoms with Gasteiger partial charge in [0, 0.05) is 34.9 Å². The van der Waals surface area contributed by atoms with Crippen molar-refractivity contribution in [2.75, 3.05) is 5.73 Å². The summed E-state index contributed by atoms with van der Waals surface area (Å²) < 4.78 is 2.01. The van der Waals surface area contributed by atoms with E-state index in [2.05, 4.69) is 0 Å². The number of hydrogen-bond donors (Lipinski definition) is 2. The second kappa shape index (κ2) is 4.33. The highest BCUT2D eigenvalue weighted by Crippen LogP contribution is 2.22. The summed E-state index contributed by atoms with van der Waals surface area (Å²) in [6, 6.07) is 7.64. The van der Waals surface area contributed by atoms with Crippen LogP contribution >= 0.6 is 0 Å². The summed E-state index contributed by atoms with van der Waals surface area (Å²) in [5.41, 5.74) is 7.48. The molecule has 1 atom stereocenters. The number of hydrogen-bond acceptors (Lipinski definition) is 2. The SMILES string of the molecule is CC(/C=C/C(=O)O)n1ccc2cc(N)ccc21. The molecule has 1 aromatic carbocycles. The van der Waals surface area contributed by atoms with Crippen molar-refractivity contribution in [3.8, 4) is 0 Å². The van der Waals surface area contributed by atoms with E-state index in [0.717, 1.165) is 22.7 Å². The maximum absolute atomic E-state index is 10.5. The van der Waals surface area contributed by atoms with Gasteiger partial charge in [-0.15, -0.1) is 0 Å². The molecule has 0 aliphatic heterocycles. The van der Waals surface area contributed by atoms with Crippen molar-refractivity contribution in [1.29, 1.82) is 0 Å². The van der Waals surface area contributed by atoms with E-state index in [9.17, 15) is 4.79 Å². The van der Waals surface area contributed by atoms with E-state index >= 15 is 0 Å². The van der Waals surface area contributed by atoms with Gasteiger partial charge in [-0.25, -0.2) is 4.79 Å². The Morgan fingerprint density at radius 3 is 2.94 bits per heavy atom. The molecule has 4 nitrogen and oxygen atoms in total. The van der Waals surface area contributed by atoms with Crippen LogP contribution in [0.1, 0.15) is 13.0 Å². The van der Waals surface area contributed by atoms with Crippen molar-refractivity contribution in [1.82, 2.24) is 4.57 Å². The summed E-state index contributed by atoms with van der Waals surface area (Å²) in [4.78, 5) is 10.5.